The molecule has 0 aromatic heterocycles. The number of hydrogen-bond acceptors (Lipinski definition) is 1. The zero-order chi connectivity index (χ0) is 6.32. The first-order valence-electron chi connectivity index (χ1n) is 3.81. The molecule has 1 saturated heterocycles. The van der Waals surface area contributed by atoms with Gasteiger partial charge < -0.3 is 5.32 Å². The van der Waals surface area contributed by atoms with Gasteiger partial charge in [-0.3, -0.25) is 0 Å². The van der Waals surface area contributed by atoms with Crippen molar-refractivity contribution in [3.8, 4) is 0 Å². The first kappa shape index (κ1) is 5.72. The number of rotatable bonds is 0. The minimum absolute atomic E-state index is 0.194. The highest BCUT2D eigenvalue weighted by molar-refractivity contribution is 5.00. The minimum Gasteiger partial charge on any atom is -0.316 e. The maximum absolute atomic E-state index is 6.10. The molecule has 2 rings (SSSR count). The van der Waals surface area contributed by atoms with Crippen LogP contribution in [-0.2, 0) is 0 Å². The molecule has 0 aromatic carbocycles. The van der Waals surface area contributed by atoms with E-state index in [0.717, 1.165) is 19.0 Å². The zero-order valence-corrected chi connectivity index (χ0v) is 5.69. The van der Waals surface area contributed by atoms with Gasteiger partial charge in [0.15, 0.2) is 0 Å². The lowest BCUT2D eigenvalue weighted by atomic mass is 9.83. The topological polar surface area (TPSA) is 12.0 Å². The monoisotopic (exact) mass is 123 g/mol. The van der Waals surface area contributed by atoms with Crippen LogP contribution in [0.3, 0.4) is 0 Å². The predicted octanol–water partition coefficient (Wildman–Crippen LogP) is 1.09. The van der Waals surface area contributed by atoms with Gasteiger partial charge in [0.1, 0.15) is 0 Å². The second-order valence-electron chi connectivity index (χ2n) is 3.45. The van der Waals surface area contributed by atoms with Crippen LogP contribution in [0.2, 0.25) is 0 Å². The Hall–Kier alpha value is -0.0400. The Balaban J connectivity index is 2.17. The molecule has 1 saturated carbocycles. The molecule has 1 N–H and O–H groups in total. The second-order valence-corrected chi connectivity index (χ2v) is 3.45. The number of nitrogens with one attached hydrogen (secondary N) is 1. The van der Waals surface area contributed by atoms with Crippen LogP contribution < -0.4 is 5.32 Å². The molecule has 0 aromatic rings. The first-order valence-corrected chi connectivity index (χ1v) is 3.81. The van der Waals surface area contributed by atoms with E-state index in [1.165, 1.54) is 19.3 Å². The Bertz CT molecular complexity index is 110. The fraction of sp³-hybridized carbons (Fsp3) is 0.875. The van der Waals surface area contributed by atoms with E-state index in [1.54, 1.807) is 0 Å². The standard InChI is InChI=1S/C8H13N/c1-8-4-2-3-7(8)5-9-6-8/h1,7,9H,2-6H2. The molecule has 2 radical (unpaired) electrons. The van der Waals surface area contributed by atoms with E-state index in [2.05, 4.69) is 5.32 Å². The Morgan fingerprint density at radius 3 is 3.22 bits per heavy atom. The molecule has 2 aliphatic rings. The summed E-state index contributed by atoms with van der Waals surface area (Å²) in [5.41, 5.74) is 0.194. The zero-order valence-electron chi connectivity index (χ0n) is 5.69. The molecule has 0 amide bonds. The molecule has 1 aliphatic heterocycles. The van der Waals surface area contributed by atoms with Crippen molar-refractivity contribution in [1.82, 2.24) is 5.32 Å². The van der Waals surface area contributed by atoms with E-state index in [0.29, 0.717) is 0 Å². The summed E-state index contributed by atoms with van der Waals surface area (Å²) in [7, 11) is 0. The molecule has 1 nitrogen and oxygen atoms in total. The molecule has 1 heterocycles. The fourth-order valence-electron chi connectivity index (χ4n) is 2.19. The van der Waals surface area contributed by atoms with Crippen LogP contribution in [0.25, 0.3) is 0 Å². The Morgan fingerprint density at radius 2 is 2.44 bits per heavy atom. The van der Waals surface area contributed by atoms with E-state index >= 15 is 0 Å². The summed E-state index contributed by atoms with van der Waals surface area (Å²) >= 11 is 0. The summed E-state index contributed by atoms with van der Waals surface area (Å²) in [4.78, 5) is 0. The fourth-order valence-corrected chi connectivity index (χ4v) is 2.19. The Morgan fingerprint density at radius 1 is 1.56 bits per heavy atom. The minimum atomic E-state index is 0.194. The highest BCUT2D eigenvalue weighted by Crippen LogP contribution is 2.44. The van der Waals surface area contributed by atoms with E-state index in [-0.39, 0.29) is 5.41 Å². The molecule has 0 bridgehead atoms. The highest BCUT2D eigenvalue weighted by Gasteiger charge is 2.42. The largest absolute Gasteiger partial charge is 0.316 e. The van der Waals surface area contributed by atoms with Crippen LogP contribution in [0, 0.1) is 18.3 Å². The smallest absolute Gasteiger partial charge is 0.00139 e. The molecule has 50 valence electrons. The normalized spacial score (nSPS) is 49.7. The summed E-state index contributed by atoms with van der Waals surface area (Å²) in [6, 6.07) is 0. The van der Waals surface area contributed by atoms with Crippen molar-refractivity contribution in [1.29, 1.82) is 0 Å². The van der Waals surface area contributed by atoms with Gasteiger partial charge in [0.25, 0.3) is 0 Å². The average Bonchev–Trinajstić information content (AvgIpc) is 2.22. The van der Waals surface area contributed by atoms with Gasteiger partial charge in [-0.15, -0.1) is 0 Å². The van der Waals surface area contributed by atoms with Crippen molar-refractivity contribution in [2.24, 2.45) is 11.3 Å². The van der Waals surface area contributed by atoms with E-state index in [9.17, 15) is 0 Å². The van der Waals surface area contributed by atoms with Crippen LogP contribution in [0.15, 0.2) is 0 Å². The van der Waals surface area contributed by atoms with Crippen LogP contribution in [0.4, 0.5) is 0 Å². The molecule has 2 atom stereocenters. The summed E-state index contributed by atoms with van der Waals surface area (Å²) in [6.07, 6.45) is 3.94. The summed E-state index contributed by atoms with van der Waals surface area (Å²) in [5.74, 6) is 0.789. The Labute approximate surface area is 56.8 Å². The molecule has 2 fully saturated rings. The highest BCUT2D eigenvalue weighted by atomic mass is 14.9. The van der Waals surface area contributed by atoms with Gasteiger partial charge in [-0.25, -0.2) is 0 Å². The van der Waals surface area contributed by atoms with Crippen LogP contribution >= 0.6 is 0 Å². The lowest BCUT2D eigenvalue weighted by Crippen LogP contribution is -2.20. The van der Waals surface area contributed by atoms with Crippen molar-refractivity contribution in [2.75, 3.05) is 13.1 Å². The van der Waals surface area contributed by atoms with Crippen molar-refractivity contribution >= 4 is 0 Å². The lowest BCUT2D eigenvalue weighted by Gasteiger charge is -2.20. The van der Waals surface area contributed by atoms with E-state index in [1.807, 2.05) is 0 Å². The molecule has 2 unspecified atom stereocenters. The maximum atomic E-state index is 6.10. The van der Waals surface area contributed by atoms with Gasteiger partial charge in [-0.2, -0.15) is 0 Å². The van der Waals surface area contributed by atoms with Crippen LogP contribution in [-0.4, -0.2) is 13.1 Å². The first-order chi connectivity index (χ1) is 4.31. The lowest BCUT2D eigenvalue weighted by molar-refractivity contribution is 0.356. The van der Waals surface area contributed by atoms with Crippen molar-refractivity contribution < 1.29 is 0 Å². The SMILES string of the molecule is [CH]C12CCCC1CNC2. The number of hydrogen-bond donors (Lipinski definition) is 1. The molecule has 0 spiro atoms. The van der Waals surface area contributed by atoms with Crippen molar-refractivity contribution in [2.45, 2.75) is 19.3 Å². The van der Waals surface area contributed by atoms with Crippen molar-refractivity contribution in [3.05, 3.63) is 6.92 Å². The third-order valence-electron chi connectivity index (χ3n) is 2.85. The summed E-state index contributed by atoms with van der Waals surface area (Å²) in [5, 5.41) is 3.34. The van der Waals surface area contributed by atoms with Gasteiger partial charge in [0, 0.05) is 6.54 Å². The second kappa shape index (κ2) is 1.72. The molecule has 1 aliphatic carbocycles. The van der Waals surface area contributed by atoms with Gasteiger partial charge in [-0.05, 0) is 37.6 Å². The van der Waals surface area contributed by atoms with Gasteiger partial charge in [0.2, 0.25) is 0 Å². The van der Waals surface area contributed by atoms with Gasteiger partial charge in [0.05, 0.1) is 0 Å². The van der Waals surface area contributed by atoms with Crippen LogP contribution in [0.5, 0.6) is 0 Å². The third-order valence-corrected chi connectivity index (χ3v) is 2.85. The van der Waals surface area contributed by atoms with Gasteiger partial charge >= 0.3 is 0 Å². The number of fused-ring (bicyclic) bond motifs is 1. The molecular formula is C8H13N. The Kier molecular flexibility index (Phi) is 1.10. The molecular weight excluding hydrogens is 110 g/mol. The molecule has 1 heteroatoms. The average molecular weight is 123 g/mol. The van der Waals surface area contributed by atoms with Crippen molar-refractivity contribution in [3.63, 3.8) is 0 Å². The predicted molar refractivity (Wildman–Crippen MR) is 36.9 cm³/mol. The maximum Gasteiger partial charge on any atom is 0.00139 e. The van der Waals surface area contributed by atoms with Gasteiger partial charge in [-0.1, -0.05) is 6.42 Å². The molecule has 9 heavy (non-hydrogen) atoms. The third kappa shape index (κ3) is 0.710. The van der Waals surface area contributed by atoms with E-state index < -0.39 is 0 Å². The summed E-state index contributed by atoms with van der Waals surface area (Å²) < 4.78 is 0. The van der Waals surface area contributed by atoms with E-state index in [4.69, 9.17) is 6.92 Å². The van der Waals surface area contributed by atoms with Crippen LogP contribution in [0.1, 0.15) is 19.3 Å². The summed E-state index contributed by atoms with van der Waals surface area (Å²) in [6.45, 7) is 8.32. The quantitative estimate of drug-likeness (QED) is 0.508.